The molecule has 1 heterocycles. The Labute approximate surface area is 177 Å². The number of rotatable bonds is 7. The third kappa shape index (κ3) is 4.56. The van der Waals surface area contributed by atoms with Crippen molar-refractivity contribution in [2.24, 2.45) is 5.92 Å². The largest absolute Gasteiger partial charge is 0.497 e. The van der Waals surface area contributed by atoms with E-state index in [9.17, 15) is 14.4 Å². The molecule has 1 aliphatic heterocycles. The second-order valence-electron chi connectivity index (χ2n) is 7.23. The molecule has 1 atom stereocenters. The van der Waals surface area contributed by atoms with Gasteiger partial charge in [0.05, 0.1) is 25.4 Å². The molecule has 0 amide bonds. The number of allylic oxidation sites excluding steroid dienone is 2. The molecular formula is C23H29NO6. The van der Waals surface area contributed by atoms with Gasteiger partial charge >= 0.3 is 11.9 Å². The zero-order valence-corrected chi connectivity index (χ0v) is 18.6. The van der Waals surface area contributed by atoms with Crippen molar-refractivity contribution in [2.75, 3.05) is 18.6 Å². The van der Waals surface area contributed by atoms with Crippen LogP contribution in [0.15, 0.2) is 46.8 Å². The summed E-state index contributed by atoms with van der Waals surface area (Å²) in [4.78, 5) is 40.3. The number of carbonyl (C=O) groups is 3. The fourth-order valence-electron chi connectivity index (χ4n) is 3.64. The Morgan fingerprint density at radius 1 is 1.03 bits per heavy atom. The van der Waals surface area contributed by atoms with Gasteiger partial charge < -0.3 is 19.1 Å². The molecule has 1 unspecified atom stereocenters. The lowest BCUT2D eigenvalue weighted by Crippen LogP contribution is -2.39. The first-order valence-electron chi connectivity index (χ1n) is 9.88. The first-order chi connectivity index (χ1) is 14.1. The fraction of sp³-hybridized carbons (Fsp3) is 0.435. The minimum atomic E-state index is -1.14. The first-order valence-corrected chi connectivity index (χ1v) is 9.88. The summed E-state index contributed by atoms with van der Waals surface area (Å²) in [6, 6.07) is 7.21. The van der Waals surface area contributed by atoms with E-state index < -0.39 is 17.9 Å². The van der Waals surface area contributed by atoms with Crippen molar-refractivity contribution in [3.63, 3.8) is 0 Å². The van der Waals surface area contributed by atoms with E-state index >= 15 is 0 Å². The number of hydrogen-bond donors (Lipinski definition) is 0. The molecule has 0 saturated carbocycles. The Morgan fingerprint density at radius 2 is 1.60 bits per heavy atom. The van der Waals surface area contributed by atoms with Crippen LogP contribution in [0.3, 0.4) is 0 Å². The van der Waals surface area contributed by atoms with Crippen LogP contribution in [0.25, 0.3) is 0 Å². The van der Waals surface area contributed by atoms with E-state index in [1.165, 1.54) is 6.92 Å². The van der Waals surface area contributed by atoms with Gasteiger partial charge in [0.15, 0.2) is 5.78 Å². The summed E-state index contributed by atoms with van der Waals surface area (Å²) in [6.07, 6.45) is -0.386. The van der Waals surface area contributed by atoms with Gasteiger partial charge in [-0.1, -0.05) is 0 Å². The van der Waals surface area contributed by atoms with Crippen molar-refractivity contribution in [3.05, 3.63) is 46.8 Å². The van der Waals surface area contributed by atoms with Crippen LogP contribution in [0.1, 0.15) is 41.5 Å². The van der Waals surface area contributed by atoms with E-state index in [1.54, 1.807) is 58.8 Å². The first kappa shape index (κ1) is 23.2. The molecule has 2 rings (SSSR count). The average molecular weight is 415 g/mol. The number of ketones is 1. The molecule has 7 heteroatoms. The summed E-state index contributed by atoms with van der Waals surface area (Å²) in [7, 11) is 1.57. The van der Waals surface area contributed by atoms with E-state index in [0.717, 1.165) is 5.69 Å². The van der Waals surface area contributed by atoms with Crippen LogP contribution >= 0.6 is 0 Å². The van der Waals surface area contributed by atoms with Crippen LogP contribution in [-0.4, -0.2) is 37.5 Å². The second-order valence-corrected chi connectivity index (χ2v) is 7.23. The van der Waals surface area contributed by atoms with Crippen LogP contribution < -0.4 is 9.64 Å². The van der Waals surface area contributed by atoms with Crippen LogP contribution in [0.4, 0.5) is 5.69 Å². The molecule has 0 aromatic heterocycles. The smallest absolute Gasteiger partial charge is 0.337 e. The maximum absolute atomic E-state index is 13.0. The van der Waals surface area contributed by atoms with Gasteiger partial charge in [0, 0.05) is 22.7 Å². The zero-order valence-electron chi connectivity index (χ0n) is 18.6. The van der Waals surface area contributed by atoms with Gasteiger partial charge in [-0.25, -0.2) is 4.79 Å². The molecule has 1 aliphatic rings. The Hall–Kier alpha value is -3.09. The standard InChI is InChI=1S/C23H29NO6/c1-8-29-22(26)21-19(16(6)25)14(4)24(17-9-11-18(28-7)12-10-17)15(5)20(21)23(27)30-13(2)3/h9-13,21H,8H2,1-7H3. The second kappa shape index (κ2) is 9.61. The third-order valence-electron chi connectivity index (χ3n) is 4.82. The maximum Gasteiger partial charge on any atom is 0.337 e. The van der Waals surface area contributed by atoms with Crippen LogP contribution in [0, 0.1) is 5.92 Å². The lowest BCUT2D eigenvalue weighted by molar-refractivity contribution is -0.151. The zero-order chi connectivity index (χ0) is 22.6. The molecule has 0 bridgehead atoms. The Morgan fingerprint density at radius 3 is 2.07 bits per heavy atom. The number of nitrogens with zero attached hydrogens (tertiary/aromatic N) is 1. The maximum atomic E-state index is 13.0. The van der Waals surface area contributed by atoms with E-state index in [1.807, 2.05) is 12.1 Å². The van der Waals surface area contributed by atoms with E-state index in [0.29, 0.717) is 17.1 Å². The quantitative estimate of drug-likeness (QED) is 0.627. The normalized spacial score (nSPS) is 16.7. The summed E-state index contributed by atoms with van der Waals surface area (Å²) in [5.74, 6) is -2.07. The fourth-order valence-corrected chi connectivity index (χ4v) is 3.64. The number of esters is 2. The number of carbonyl (C=O) groups excluding carboxylic acids is 3. The highest BCUT2D eigenvalue weighted by Gasteiger charge is 2.43. The topological polar surface area (TPSA) is 82.1 Å². The molecule has 1 aromatic rings. The molecule has 0 fully saturated rings. The summed E-state index contributed by atoms with van der Waals surface area (Å²) >= 11 is 0. The molecule has 0 spiro atoms. The predicted octanol–water partition coefficient (Wildman–Crippen LogP) is 3.78. The number of Topliss-reactive ketones (excluding diaryl/α,β-unsaturated/α-hetero) is 1. The van der Waals surface area contributed by atoms with Crippen molar-refractivity contribution >= 4 is 23.4 Å². The number of benzene rings is 1. The molecule has 0 aliphatic carbocycles. The van der Waals surface area contributed by atoms with E-state index in [-0.39, 0.29) is 29.6 Å². The number of hydrogen-bond acceptors (Lipinski definition) is 7. The van der Waals surface area contributed by atoms with Crippen molar-refractivity contribution < 1.29 is 28.6 Å². The molecule has 0 saturated heterocycles. The van der Waals surface area contributed by atoms with E-state index in [4.69, 9.17) is 14.2 Å². The molecule has 30 heavy (non-hydrogen) atoms. The SMILES string of the molecule is CCOC(=O)C1C(C(C)=O)=C(C)N(c2ccc(OC)cc2)C(C)=C1C(=O)OC(C)C. The third-order valence-corrected chi connectivity index (χ3v) is 4.82. The van der Waals surface area contributed by atoms with Crippen LogP contribution in [-0.2, 0) is 23.9 Å². The summed E-state index contributed by atoms with van der Waals surface area (Å²) < 4.78 is 15.8. The minimum absolute atomic E-state index is 0.105. The number of ether oxygens (including phenoxy) is 3. The number of anilines is 1. The van der Waals surface area contributed by atoms with Crippen LogP contribution in [0.2, 0.25) is 0 Å². The van der Waals surface area contributed by atoms with Crippen LogP contribution in [0.5, 0.6) is 5.75 Å². The van der Waals surface area contributed by atoms with Gasteiger partial charge in [-0.15, -0.1) is 0 Å². The summed E-state index contributed by atoms with van der Waals surface area (Å²) in [5.41, 5.74) is 2.11. The van der Waals surface area contributed by atoms with Gasteiger partial charge in [0.2, 0.25) is 0 Å². The molecular weight excluding hydrogens is 386 g/mol. The monoisotopic (exact) mass is 415 g/mol. The molecule has 162 valence electrons. The Kier molecular flexibility index (Phi) is 7.43. The molecule has 0 N–H and O–H groups in total. The molecule has 0 radical (unpaired) electrons. The summed E-state index contributed by atoms with van der Waals surface area (Å²) in [5, 5.41) is 0. The molecule has 1 aromatic carbocycles. The van der Waals surface area contributed by atoms with Crippen molar-refractivity contribution in [3.8, 4) is 5.75 Å². The lowest BCUT2D eigenvalue weighted by atomic mass is 9.82. The number of methoxy groups -OCH3 is 1. The van der Waals surface area contributed by atoms with Gasteiger partial charge in [-0.2, -0.15) is 0 Å². The average Bonchev–Trinajstić information content (AvgIpc) is 2.67. The minimum Gasteiger partial charge on any atom is -0.497 e. The van der Waals surface area contributed by atoms with Gasteiger partial charge in [0.25, 0.3) is 0 Å². The van der Waals surface area contributed by atoms with Gasteiger partial charge in [-0.3, -0.25) is 9.59 Å². The van der Waals surface area contributed by atoms with Crippen molar-refractivity contribution in [1.82, 2.24) is 0 Å². The van der Waals surface area contributed by atoms with Crippen molar-refractivity contribution in [1.29, 1.82) is 0 Å². The van der Waals surface area contributed by atoms with Gasteiger partial charge in [-0.05, 0) is 65.8 Å². The highest BCUT2D eigenvalue weighted by molar-refractivity contribution is 6.08. The van der Waals surface area contributed by atoms with Gasteiger partial charge in [0.1, 0.15) is 11.7 Å². The molecule has 7 nitrogen and oxygen atoms in total. The predicted molar refractivity (Wildman–Crippen MR) is 113 cm³/mol. The van der Waals surface area contributed by atoms with Crippen molar-refractivity contribution in [2.45, 2.75) is 47.6 Å². The highest BCUT2D eigenvalue weighted by Crippen LogP contribution is 2.40. The Bertz CT molecular complexity index is 895. The van der Waals surface area contributed by atoms with E-state index in [2.05, 4.69) is 0 Å². The highest BCUT2D eigenvalue weighted by atomic mass is 16.5. The lowest BCUT2D eigenvalue weighted by Gasteiger charge is -2.37. The Balaban J connectivity index is 2.74. The summed E-state index contributed by atoms with van der Waals surface area (Å²) in [6.45, 7) is 10.1.